The summed E-state index contributed by atoms with van der Waals surface area (Å²) in [5, 5.41) is 43.0. The Hall–Kier alpha value is 0.270. The average molecular weight is 553 g/mol. The normalized spacial score (nSPS) is 41.1. The molecule has 4 fully saturated rings. The summed E-state index contributed by atoms with van der Waals surface area (Å²) in [7, 11) is 3.34. The van der Waals surface area contributed by atoms with Gasteiger partial charge in [0.15, 0.2) is 0 Å². The van der Waals surface area contributed by atoms with Gasteiger partial charge in [0.05, 0.1) is 24.4 Å². The molecule has 0 saturated heterocycles. The SMILES string of the molecule is CCC(CCC(P)C(CC)(C1CCCC(O)C1)C1CCCC(O)C1)(C1CCCC(O)C1)C1CCCC(O)C1. The smallest absolute Gasteiger partial charge is 0.0543 e. The Bertz CT molecular complexity index is 671. The van der Waals surface area contributed by atoms with Gasteiger partial charge in [-0.05, 0) is 143 Å². The molecule has 38 heavy (non-hydrogen) atoms. The zero-order valence-corrected chi connectivity index (χ0v) is 25.9. The summed E-state index contributed by atoms with van der Waals surface area (Å²) in [6.45, 7) is 4.78. The first-order valence-electron chi connectivity index (χ1n) is 16.7. The Kier molecular flexibility index (Phi) is 11.5. The van der Waals surface area contributed by atoms with E-state index >= 15 is 0 Å². The predicted molar refractivity (Wildman–Crippen MR) is 160 cm³/mol. The third-order valence-electron chi connectivity index (χ3n) is 12.6. The molecule has 0 aromatic heterocycles. The second kappa shape index (κ2) is 14.0. The van der Waals surface area contributed by atoms with Gasteiger partial charge in [-0.3, -0.25) is 0 Å². The van der Waals surface area contributed by atoms with E-state index in [9.17, 15) is 20.4 Å². The van der Waals surface area contributed by atoms with Crippen molar-refractivity contribution in [2.75, 3.05) is 0 Å². The van der Waals surface area contributed by atoms with E-state index in [4.69, 9.17) is 0 Å². The molecule has 0 aromatic rings. The number of hydrogen-bond donors (Lipinski definition) is 4. The molecule has 5 heteroatoms. The molecule has 0 heterocycles. The van der Waals surface area contributed by atoms with Crippen LogP contribution < -0.4 is 0 Å². The fraction of sp³-hybridized carbons (Fsp3) is 1.00. The summed E-state index contributed by atoms with van der Waals surface area (Å²) in [4.78, 5) is 0. The lowest BCUT2D eigenvalue weighted by Crippen LogP contribution is -2.50. The van der Waals surface area contributed by atoms with Gasteiger partial charge < -0.3 is 20.4 Å². The van der Waals surface area contributed by atoms with Crippen molar-refractivity contribution in [1.82, 2.24) is 0 Å². The first-order valence-corrected chi connectivity index (χ1v) is 17.4. The number of aliphatic hydroxyl groups excluding tert-OH is 4. The molecule has 0 radical (unpaired) electrons. The zero-order chi connectivity index (χ0) is 27.3. The Morgan fingerprint density at radius 2 is 0.947 bits per heavy atom. The van der Waals surface area contributed by atoms with Crippen molar-refractivity contribution in [2.45, 2.75) is 172 Å². The van der Waals surface area contributed by atoms with Crippen LogP contribution in [0.25, 0.3) is 0 Å². The van der Waals surface area contributed by atoms with E-state index in [2.05, 4.69) is 23.1 Å². The van der Waals surface area contributed by atoms with Gasteiger partial charge in [-0.25, -0.2) is 0 Å². The standard InChI is InChI=1S/C33H61O4P/c1-3-32(23-9-5-13-27(34)19-23,24-10-6-14-28(35)20-24)18-17-31(38)33(4-2,25-11-7-15-29(36)21-25)26-12-8-16-30(37)22-26/h23-31,34-37H,3-22,38H2,1-2H3. The second-order valence-electron chi connectivity index (χ2n) is 14.3. The molecule has 0 amide bonds. The minimum atomic E-state index is -0.174. The Labute approximate surface area is 236 Å². The first kappa shape index (κ1) is 31.2. The molecule has 4 rings (SSSR count). The number of aliphatic hydroxyl groups is 4. The van der Waals surface area contributed by atoms with Crippen LogP contribution in [-0.4, -0.2) is 50.5 Å². The van der Waals surface area contributed by atoms with Crippen molar-refractivity contribution in [1.29, 1.82) is 0 Å². The highest BCUT2D eigenvalue weighted by atomic mass is 31.0. The minimum absolute atomic E-state index is 0.144. The minimum Gasteiger partial charge on any atom is -0.393 e. The lowest BCUT2D eigenvalue weighted by atomic mass is 9.52. The van der Waals surface area contributed by atoms with E-state index in [0.717, 1.165) is 96.3 Å². The van der Waals surface area contributed by atoms with E-state index in [1.807, 2.05) is 0 Å². The third-order valence-corrected chi connectivity index (χ3v) is 13.6. The highest BCUT2D eigenvalue weighted by Gasteiger charge is 2.52. The topological polar surface area (TPSA) is 80.9 Å². The summed E-state index contributed by atoms with van der Waals surface area (Å²) >= 11 is 0. The molecule has 4 nitrogen and oxygen atoms in total. The van der Waals surface area contributed by atoms with Crippen LogP contribution in [0.2, 0.25) is 0 Å². The fourth-order valence-electron chi connectivity index (χ4n) is 10.6. The van der Waals surface area contributed by atoms with E-state index in [-0.39, 0.29) is 35.2 Å². The van der Waals surface area contributed by atoms with E-state index in [1.54, 1.807) is 0 Å². The van der Waals surface area contributed by atoms with Crippen LogP contribution in [0.5, 0.6) is 0 Å². The molecule has 0 aromatic carbocycles. The van der Waals surface area contributed by atoms with Crippen LogP contribution in [-0.2, 0) is 0 Å². The molecule has 0 bridgehead atoms. The molecule has 10 unspecified atom stereocenters. The van der Waals surface area contributed by atoms with Crippen LogP contribution >= 0.6 is 9.24 Å². The molecular weight excluding hydrogens is 491 g/mol. The predicted octanol–water partition coefficient (Wildman–Crippen LogP) is 7.01. The van der Waals surface area contributed by atoms with Crippen molar-refractivity contribution < 1.29 is 20.4 Å². The lowest BCUT2D eigenvalue weighted by Gasteiger charge is -2.55. The summed E-state index contributed by atoms with van der Waals surface area (Å²) in [6.07, 6.45) is 20.8. The van der Waals surface area contributed by atoms with Crippen LogP contribution in [0.3, 0.4) is 0 Å². The van der Waals surface area contributed by atoms with Gasteiger partial charge in [-0.2, -0.15) is 0 Å². The Balaban J connectivity index is 1.62. The van der Waals surface area contributed by atoms with Crippen LogP contribution in [0.1, 0.15) is 142 Å². The highest BCUT2D eigenvalue weighted by Crippen LogP contribution is 2.59. The number of rotatable bonds is 10. The van der Waals surface area contributed by atoms with E-state index in [1.165, 1.54) is 32.1 Å². The van der Waals surface area contributed by atoms with Gasteiger partial charge >= 0.3 is 0 Å². The molecule has 10 atom stereocenters. The van der Waals surface area contributed by atoms with Gasteiger partial charge in [0.2, 0.25) is 0 Å². The van der Waals surface area contributed by atoms with Crippen molar-refractivity contribution in [2.24, 2.45) is 34.5 Å². The lowest BCUT2D eigenvalue weighted by molar-refractivity contribution is -0.0596. The third kappa shape index (κ3) is 6.67. The quantitative estimate of drug-likeness (QED) is 0.220. The second-order valence-corrected chi connectivity index (χ2v) is 15.1. The maximum Gasteiger partial charge on any atom is 0.0543 e. The Morgan fingerprint density at radius 1 is 0.579 bits per heavy atom. The van der Waals surface area contributed by atoms with Gasteiger partial charge in [0.1, 0.15) is 0 Å². The van der Waals surface area contributed by atoms with Crippen LogP contribution in [0.4, 0.5) is 0 Å². The number of hydrogen-bond acceptors (Lipinski definition) is 4. The molecular formula is C33H61O4P. The molecule has 4 aliphatic rings. The van der Waals surface area contributed by atoms with Gasteiger partial charge in [0, 0.05) is 0 Å². The molecule has 222 valence electrons. The van der Waals surface area contributed by atoms with Crippen LogP contribution in [0, 0.1) is 34.5 Å². The molecule has 0 aliphatic heterocycles. The summed E-state index contributed by atoms with van der Waals surface area (Å²) in [5.41, 5.74) is 0.798. The molecule has 4 N–H and O–H groups in total. The summed E-state index contributed by atoms with van der Waals surface area (Å²) < 4.78 is 0. The van der Waals surface area contributed by atoms with Crippen molar-refractivity contribution in [3.63, 3.8) is 0 Å². The maximum atomic E-state index is 10.8. The zero-order valence-electron chi connectivity index (χ0n) is 24.7. The fourth-order valence-corrected chi connectivity index (χ4v) is 11.6. The average Bonchev–Trinajstić information content (AvgIpc) is 2.90. The maximum absolute atomic E-state index is 10.8. The van der Waals surface area contributed by atoms with Gasteiger partial charge in [-0.15, -0.1) is 9.24 Å². The van der Waals surface area contributed by atoms with Gasteiger partial charge in [0.25, 0.3) is 0 Å². The van der Waals surface area contributed by atoms with Crippen molar-refractivity contribution >= 4 is 9.24 Å². The van der Waals surface area contributed by atoms with Gasteiger partial charge in [-0.1, -0.05) is 39.5 Å². The summed E-state index contributed by atoms with van der Waals surface area (Å²) in [5.74, 6) is 2.15. The van der Waals surface area contributed by atoms with Crippen molar-refractivity contribution in [3.8, 4) is 0 Å². The largest absolute Gasteiger partial charge is 0.393 e. The van der Waals surface area contributed by atoms with Crippen molar-refractivity contribution in [3.05, 3.63) is 0 Å². The molecule has 4 aliphatic carbocycles. The highest BCUT2D eigenvalue weighted by molar-refractivity contribution is 7.17. The summed E-state index contributed by atoms with van der Waals surface area (Å²) in [6, 6.07) is 0. The van der Waals surface area contributed by atoms with Crippen LogP contribution in [0.15, 0.2) is 0 Å². The van der Waals surface area contributed by atoms with E-state index in [0.29, 0.717) is 29.3 Å². The Morgan fingerprint density at radius 3 is 1.29 bits per heavy atom. The molecule has 0 spiro atoms. The molecule has 4 saturated carbocycles. The monoisotopic (exact) mass is 552 g/mol. The van der Waals surface area contributed by atoms with E-state index < -0.39 is 0 Å². The first-order chi connectivity index (χ1) is 18.2.